The highest BCUT2D eigenvalue weighted by Gasteiger charge is 2.19. The molecule has 1 fully saturated rings. The van der Waals surface area contributed by atoms with Gasteiger partial charge in [0.15, 0.2) is 0 Å². The number of aryl methyl sites for hydroxylation is 1. The Morgan fingerprint density at radius 2 is 2.24 bits per heavy atom. The number of rotatable bonds is 6. The molecule has 1 unspecified atom stereocenters. The van der Waals surface area contributed by atoms with Crippen molar-refractivity contribution in [3.8, 4) is 0 Å². The molecule has 96 valence electrons. The van der Waals surface area contributed by atoms with E-state index in [1.165, 1.54) is 44.2 Å². The summed E-state index contributed by atoms with van der Waals surface area (Å²) in [6, 6.07) is 0.417. The van der Waals surface area contributed by atoms with Gasteiger partial charge in [0.25, 0.3) is 0 Å². The Hall–Kier alpha value is -0.900. The fourth-order valence-electron chi connectivity index (χ4n) is 2.92. The topological polar surface area (TPSA) is 42.7 Å². The van der Waals surface area contributed by atoms with Crippen LogP contribution in [0.1, 0.15) is 57.2 Å². The summed E-state index contributed by atoms with van der Waals surface area (Å²) in [4.78, 5) is 0. The third-order valence-electron chi connectivity index (χ3n) is 3.90. The molecule has 1 N–H and O–H groups in total. The van der Waals surface area contributed by atoms with Gasteiger partial charge in [0, 0.05) is 7.05 Å². The largest absolute Gasteiger partial charge is 0.309 e. The van der Waals surface area contributed by atoms with Crippen molar-refractivity contribution in [1.29, 1.82) is 0 Å². The molecule has 0 saturated heterocycles. The molecule has 1 atom stereocenters. The highest BCUT2D eigenvalue weighted by molar-refractivity contribution is 5.01. The molecule has 1 aromatic heterocycles. The molecule has 17 heavy (non-hydrogen) atoms. The summed E-state index contributed by atoms with van der Waals surface area (Å²) in [7, 11) is 1.97. The molecule has 1 aliphatic rings. The maximum atomic E-state index is 4.03. The Balaban J connectivity index is 1.90. The maximum Gasteiger partial charge on any atom is 0.0753 e. The lowest BCUT2D eigenvalue weighted by molar-refractivity contribution is 0.403. The standard InChI is InChI=1S/C13H24N4/c1-3-14-12(13-10-15-16-17(13)2)9-8-11-6-4-5-7-11/h10-12,14H,3-9H2,1-2H3. The van der Waals surface area contributed by atoms with Crippen LogP contribution in [0.4, 0.5) is 0 Å². The summed E-state index contributed by atoms with van der Waals surface area (Å²) < 4.78 is 1.89. The predicted molar refractivity (Wildman–Crippen MR) is 68.6 cm³/mol. The molecule has 0 amide bonds. The van der Waals surface area contributed by atoms with Crippen molar-refractivity contribution in [3.63, 3.8) is 0 Å². The summed E-state index contributed by atoms with van der Waals surface area (Å²) in [6.07, 6.45) is 10.2. The van der Waals surface area contributed by atoms with Crippen LogP contribution >= 0.6 is 0 Å². The Morgan fingerprint density at radius 1 is 1.47 bits per heavy atom. The van der Waals surface area contributed by atoms with Crippen LogP contribution in [0.25, 0.3) is 0 Å². The zero-order valence-electron chi connectivity index (χ0n) is 11.0. The van der Waals surface area contributed by atoms with Gasteiger partial charge in [-0.25, -0.2) is 0 Å². The SMILES string of the molecule is CCNC(CCC1CCCC1)c1cnnn1C. The van der Waals surface area contributed by atoms with Crippen LogP contribution in [-0.4, -0.2) is 21.5 Å². The first-order valence-corrected chi connectivity index (χ1v) is 6.89. The highest BCUT2D eigenvalue weighted by atomic mass is 15.4. The van der Waals surface area contributed by atoms with E-state index in [9.17, 15) is 0 Å². The van der Waals surface area contributed by atoms with Crippen LogP contribution < -0.4 is 5.32 Å². The number of hydrogen-bond acceptors (Lipinski definition) is 3. The maximum absolute atomic E-state index is 4.03. The van der Waals surface area contributed by atoms with Gasteiger partial charge in [0.1, 0.15) is 0 Å². The molecule has 1 aliphatic carbocycles. The second kappa shape index (κ2) is 6.15. The summed E-state index contributed by atoms with van der Waals surface area (Å²) in [5.74, 6) is 0.956. The number of aromatic nitrogens is 3. The normalized spacial score (nSPS) is 18.7. The van der Waals surface area contributed by atoms with E-state index in [1.54, 1.807) is 0 Å². The third kappa shape index (κ3) is 3.28. The van der Waals surface area contributed by atoms with E-state index in [0.717, 1.165) is 12.5 Å². The highest BCUT2D eigenvalue weighted by Crippen LogP contribution is 2.31. The summed E-state index contributed by atoms with van der Waals surface area (Å²) in [5, 5.41) is 11.6. The van der Waals surface area contributed by atoms with Gasteiger partial charge in [-0.1, -0.05) is 37.8 Å². The molecule has 4 nitrogen and oxygen atoms in total. The molecule has 0 radical (unpaired) electrons. The molecule has 0 bridgehead atoms. The van der Waals surface area contributed by atoms with Crippen LogP contribution in [0.3, 0.4) is 0 Å². The molecule has 2 rings (SSSR count). The summed E-state index contributed by atoms with van der Waals surface area (Å²) in [6.45, 7) is 3.16. The van der Waals surface area contributed by atoms with Gasteiger partial charge in [0.05, 0.1) is 17.9 Å². The van der Waals surface area contributed by atoms with Crippen molar-refractivity contribution in [3.05, 3.63) is 11.9 Å². The van der Waals surface area contributed by atoms with E-state index < -0.39 is 0 Å². The van der Waals surface area contributed by atoms with Crippen LogP contribution in [0, 0.1) is 5.92 Å². The lowest BCUT2D eigenvalue weighted by Gasteiger charge is -2.19. The first kappa shape index (κ1) is 12.6. The van der Waals surface area contributed by atoms with Crippen LogP contribution in [0.15, 0.2) is 6.20 Å². The Kier molecular flexibility index (Phi) is 4.54. The van der Waals surface area contributed by atoms with E-state index in [-0.39, 0.29) is 0 Å². The zero-order valence-corrected chi connectivity index (χ0v) is 11.0. The average Bonchev–Trinajstić information content (AvgIpc) is 2.95. The van der Waals surface area contributed by atoms with E-state index in [0.29, 0.717) is 6.04 Å². The molecule has 1 heterocycles. The molecule has 0 aromatic carbocycles. The third-order valence-corrected chi connectivity index (χ3v) is 3.90. The van der Waals surface area contributed by atoms with Crippen molar-refractivity contribution < 1.29 is 0 Å². The first-order valence-electron chi connectivity index (χ1n) is 6.89. The molecule has 0 aliphatic heterocycles. The van der Waals surface area contributed by atoms with Gasteiger partial charge >= 0.3 is 0 Å². The van der Waals surface area contributed by atoms with Crippen molar-refractivity contribution in [2.45, 2.75) is 51.5 Å². The van der Waals surface area contributed by atoms with Gasteiger partial charge in [0.2, 0.25) is 0 Å². The van der Waals surface area contributed by atoms with Gasteiger partial charge in [-0.15, -0.1) is 5.10 Å². The van der Waals surface area contributed by atoms with E-state index in [4.69, 9.17) is 0 Å². The van der Waals surface area contributed by atoms with Gasteiger partial charge in [-0.2, -0.15) is 0 Å². The molecule has 1 saturated carbocycles. The Morgan fingerprint density at radius 3 is 2.82 bits per heavy atom. The Bertz CT molecular complexity index is 328. The van der Waals surface area contributed by atoms with E-state index in [1.807, 2.05) is 17.9 Å². The van der Waals surface area contributed by atoms with Crippen molar-refractivity contribution >= 4 is 0 Å². The number of hydrogen-bond donors (Lipinski definition) is 1. The first-order chi connectivity index (χ1) is 8.31. The van der Waals surface area contributed by atoms with Crippen molar-refractivity contribution in [2.24, 2.45) is 13.0 Å². The quantitative estimate of drug-likeness (QED) is 0.825. The molecular weight excluding hydrogens is 212 g/mol. The lowest BCUT2D eigenvalue weighted by atomic mass is 9.97. The Labute approximate surface area is 104 Å². The fourth-order valence-corrected chi connectivity index (χ4v) is 2.92. The van der Waals surface area contributed by atoms with Crippen LogP contribution in [0.5, 0.6) is 0 Å². The minimum absolute atomic E-state index is 0.417. The molecule has 1 aromatic rings. The van der Waals surface area contributed by atoms with Gasteiger partial charge < -0.3 is 5.32 Å². The lowest BCUT2D eigenvalue weighted by Crippen LogP contribution is -2.23. The second-order valence-corrected chi connectivity index (χ2v) is 5.12. The van der Waals surface area contributed by atoms with Gasteiger partial charge in [-0.05, 0) is 25.3 Å². The van der Waals surface area contributed by atoms with Crippen LogP contribution in [0.2, 0.25) is 0 Å². The minimum Gasteiger partial charge on any atom is -0.309 e. The van der Waals surface area contributed by atoms with E-state index >= 15 is 0 Å². The number of nitrogens with one attached hydrogen (secondary N) is 1. The molecule has 0 spiro atoms. The van der Waals surface area contributed by atoms with Crippen molar-refractivity contribution in [1.82, 2.24) is 20.3 Å². The predicted octanol–water partition coefficient (Wildman–Crippen LogP) is 2.44. The van der Waals surface area contributed by atoms with Crippen molar-refractivity contribution in [2.75, 3.05) is 6.54 Å². The van der Waals surface area contributed by atoms with Gasteiger partial charge in [-0.3, -0.25) is 4.68 Å². The van der Waals surface area contributed by atoms with E-state index in [2.05, 4.69) is 22.6 Å². The van der Waals surface area contributed by atoms with Crippen LogP contribution in [-0.2, 0) is 7.05 Å². The number of nitrogens with zero attached hydrogens (tertiary/aromatic N) is 3. The average molecular weight is 236 g/mol. The zero-order chi connectivity index (χ0) is 12.1. The summed E-state index contributed by atoms with van der Waals surface area (Å²) in [5.41, 5.74) is 1.21. The monoisotopic (exact) mass is 236 g/mol. The molecular formula is C13H24N4. The smallest absolute Gasteiger partial charge is 0.0753 e. The summed E-state index contributed by atoms with van der Waals surface area (Å²) >= 11 is 0. The fraction of sp³-hybridized carbons (Fsp3) is 0.846. The molecule has 4 heteroatoms. The second-order valence-electron chi connectivity index (χ2n) is 5.12. The minimum atomic E-state index is 0.417.